The van der Waals surface area contributed by atoms with Crippen LogP contribution in [0.4, 0.5) is 5.69 Å². The van der Waals surface area contributed by atoms with Crippen molar-refractivity contribution < 1.29 is 17.6 Å². The van der Waals surface area contributed by atoms with Gasteiger partial charge >= 0.3 is 5.76 Å². The number of H-pyrrole nitrogens is 1. The van der Waals surface area contributed by atoms with Crippen molar-refractivity contribution in [3.05, 3.63) is 52.5 Å². The number of anilines is 1. The van der Waals surface area contributed by atoms with Crippen molar-refractivity contribution in [3.8, 4) is 5.75 Å². The van der Waals surface area contributed by atoms with Crippen molar-refractivity contribution in [1.29, 1.82) is 0 Å². The summed E-state index contributed by atoms with van der Waals surface area (Å²) < 4.78 is 37.8. The van der Waals surface area contributed by atoms with Gasteiger partial charge in [0.25, 0.3) is 10.0 Å². The van der Waals surface area contributed by atoms with E-state index in [1.54, 1.807) is 18.2 Å². The predicted octanol–water partition coefficient (Wildman–Crippen LogP) is 2.63. The molecule has 0 amide bonds. The van der Waals surface area contributed by atoms with E-state index in [0.717, 1.165) is 5.56 Å². The number of oxazole rings is 1. The number of aryl methyl sites for hydroxylation is 1. The number of nitrogens with one attached hydrogen (secondary N) is 2. The van der Waals surface area contributed by atoms with Gasteiger partial charge in [-0.2, -0.15) is 0 Å². The summed E-state index contributed by atoms with van der Waals surface area (Å²) in [6.07, 6.45) is 0. The molecule has 0 bridgehead atoms. The third kappa shape index (κ3) is 3.13. The van der Waals surface area contributed by atoms with Crippen LogP contribution < -0.4 is 15.2 Å². The molecule has 24 heavy (non-hydrogen) atoms. The summed E-state index contributed by atoms with van der Waals surface area (Å²) >= 11 is 0. The van der Waals surface area contributed by atoms with Gasteiger partial charge in [0.2, 0.25) is 0 Å². The maximum atomic E-state index is 12.5. The second kappa shape index (κ2) is 6.04. The van der Waals surface area contributed by atoms with E-state index in [-0.39, 0.29) is 10.5 Å². The monoisotopic (exact) mass is 348 g/mol. The fourth-order valence-electron chi connectivity index (χ4n) is 2.34. The SMILES string of the molecule is CCOc1ccc(NS(=O)(=O)c2ccc3[nH]c(=O)oc3c2)cc1C. The topological polar surface area (TPSA) is 101 Å². The Morgan fingerprint density at radius 2 is 2.00 bits per heavy atom. The lowest BCUT2D eigenvalue weighted by atomic mass is 10.2. The maximum Gasteiger partial charge on any atom is 0.417 e. The lowest BCUT2D eigenvalue weighted by Crippen LogP contribution is -2.13. The van der Waals surface area contributed by atoms with E-state index in [9.17, 15) is 13.2 Å². The van der Waals surface area contributed by atoms with Crippen LogP contribution in [-0.4, -0.2) is 20.0 Å². The molecule has 3 aromatic rings. The van der Waals surface area contributed by atoms with E-state index < -0.39 is 15.8 Å². The highest BCUT2D eigenvalue weighted by Crippen LogP contribution is 2.25. The Labute approximate surface area is 138 Å². The highest BCUT2D eigenvalue weighted by atomic mass is 32.2. The second-order valence-electron chi connectivity index (χ2n) is 5.19. The summed E-state index contributed by atoms with van der Waals surface area (Å²) in [5.41, 5.74) is 1.87. The summed E-state index contributed by atoms with van der Waals surface area (Å²) in [7, 11) is -3.80. The molecule has 1 heterocycles. The van der Waals surface area contributed by atoms with E-state index >= 15 is 0 Å². The maximum absolute atomic E-state index is 12.5. The fourth-order valence-corrected chi connectivity index (χ4v) is 3.40. The van der Waals surface area contributed by atoms with Crippen molar-refractivity contribution in [2.75, 3.05) is 11.3 Å². The summed E-state index contributed by atoms with van der Waals surface area (Å²) in [4.78, 5) is 13.6. The molecule has 0 aliphatic rings. The number of hydrogen-bond donors (Lipinski definition) is 2. The highest BCUT2D eigenvalue weighted by molar-refractivity contribution is 7.92. The van der Waals surface area contributed by atoms with E-state index in [0.29, 0.717) is 23.6 Å². The molecule has 126 valence electrons. The summed E-state index contributed by atoms with van der Waals surface area (Å²) in [6, 6.07) is 9.22. The van der Waals surface area contributed by atoms with Crippen LogP contribution in [0.25, 0.3) is 11.1 Å². The molecule has 0 atom stereocenters. The highest BCUT2D eigenvalue weighted by Gasteiger charge is 2.16. The van der Waals surface area contributed by atoms with E-state index in [1.165, 1.54) is 18.2 Å². The van der Waals surface area contributed by atoms with Gasteiger partial charge in [-0.05, 0) is 49.7 Å². The zero-order valence-corrected chi connectivity index (χ0v) is 13.9. The number of ether oxygens (including phenoxy) is 1. The normalized spacial score (nSPS) is 11.6. The first-order valence-corrected chi connectivity index (χ1v) is 8.76. The number of hydrogen-bond acceptors (Lipinski definition) is 5. The molecule has 0 aliphatic heterocycles. The first-order valence-electron chi connectivity index (χ1n) is 7.28. The Balaban J connectivity index is 1.92. The largest absolute Gasteiger partial charge is 0.494 e. The van der Waals surface area contributed by atoms with Crippen molar-refractivity contribution in [2.45, 2.75) is 18.7 Å². The molecule has 1 aromatic heterocycles. The van der Waals surface area contributed by atoms with Gasteiger partial charge in [0.15, 0.2) is 5.58 Å². The number of sulfonamides is 1. The summed E-state index contributed by atoms with van der Waals surface area (Å²) in [6.45, 7) is 4.25. The smallest absolute Gasteiger partial charge is 0.417 e. The summed E-state index contributed by atoms with van der Waals surface area (Å²) in [5.74, 6) is 0.0746. The molecule has 0 aliphatic carbocycles. The molecule has 0 saturated heterocycles. The molecule has 2 N–H and O–H groups in total. The van der Waals surface area contributed by atoms with Gasteiger partial charge in [0.05, 0.1) is 17.0 Å². The standard InChI is InChI=1S/C16H16N2O5S/c1-3-22-14-7-4-11(8-10(14)2)18-24(20,21)12-5-6-13-15(9-12)23-16(19)17-13/h4-9,18H,3H2,1-2H3,(H,17,19). The third-order valence-corrected chi connectivity index (χ3v) is 4.81. The van der Waals surface area contributed by atoms with Crippen LogP contribution in [0.5, 0.6) is 5.75 Å². The lowest BCUT2D eigenvalue weighted by molar-refractivity contribution is 0.338. The Bertz CT molecular complexity index is 1050. The molecule has 7 nitrogen and oxygen atoms in total. The summed E-state index contributed by atoms with van der Waals surface area (Å²) in [5, 5.41) is 0. The molecule has 0 unspecified atom stereocenters. The molecular weight excluding hydrogens is 332 g/mol. The minimum absolute atomic E-state index is 0.00397. The first-order chi connectivity index (χ1) is 11.4. The second-order valence-corrected chi connectivity index (χ2v) is 6.87. The van der Waals surface area contributed by atoms with E-state index in [1.807, 2.05) is 13.8 Å². The average Bonchev–Trinajstić information content (AvgIpc) is 2.89. The predicted molar refractivity (Wildman–Crippen MR) is 90.0 cm³/mol. The van der Waals surface area contributed by atoms with Crippen molar-refractivity contribution in [2.24, 2.45) is 0 Å². The average molecular weight is 348 g/mol. The number of aromatic amines is 1. The Morgan fingerprint density at radius 3 is 2.71 bits per heavy atom. The molecule has 3 rings (SSSR count). The number of rotatable bonds is 5. The van der Waals surface area contributed by atoms with E-state index in [4.69, 9.17) is 9.15 Å². The fraction of sp³-hybridized carbons (Fsp3) is 0.188. The van der Waals surface area contributed by atoms with Crippen LogP contribution in [-0.2, 0) is 10.0 Å². The van der Waals surface area contributed by atoms with Crippen LogP contribution in [0.2, 0.25) is 0 Å². The number of fused-ring (bicyclic) bond motifs is 1. The van der Waals surface area contributed by atoms with Crippen molar-refractivity contribution in [3.63, 3.8) is 0 Å². The van der Waals surface area contributed by atoms with Crippen LogP contribution in [0.3, 0.4) is 0 Å². The van der Waals surface area contributed by atoms with Gasteiger partial charge in [-0.3, -0.25) is 9.71 Å². The van der Waals surface area contributed by atoms with Crippen molar-refractivity contribution in [1.82, 2.24) is 4.98 Å². The Morgan fingerprint density at radius 1 is 1.21 bits per heavy atom. The minimum Gasteiger partial charge on any atom is -0.494 e. The van der Waals surface area contributed by atoms with Crippen LogP contribution >= 0.6 is 0 Å². The molecular formula is C16H16N2O5S. The van der Waals surface area contributed by atoms with Gasteiger partial charge < -0.3 is 9.15 Å². The van der Waals surface area contributed by atoms with Gasteiger partial charge in [-0.25, -0.2) is 13.2 Å². The Kier molecular flexibility index (Phi) is 4.06. The van der Waals surface area contributed by atoms with Gasteiger partial charge in [0, 0.05) is 11.8 Å². The number of benzene rings is 2. The van der Waals surface area contributed by atoms with Crippen LogP contribution in [0.1, 0.15) is 12.5 Å². The quantitative estimate of drug-likeness (QED) is 0.738. The zero-order valence-electron chi connectivity index (χ0n) is 13.1. The molecule has 0 spiro atoms. The molecule has 0 radical (unpaired) electrons. The van der Waals surface area contributed by atoms with Crippen molar-refractivity contribution >= 4 is 26.8 Å². The minimum atomic E-state index is -3.80. The van der Waals surface area contributed by atoms with Gasteiger partial charge in [-0.1, -0.05) is 0 Å². The van der Waals surface area contributed by atoms with E-state index in [2.05, 4.69) is 9.71 Å². The molecule has 0 fully saturated rings. The van der Waals surface area contributed by atoms with Gasteiger partial charge in [0.1, 0.15) is 5.75 Å². The Hall–Kier alpha value is -2.74. The number of aromatic nitrogens is 1. The molecule has 0 saturated carbocycles. The lowest BCUT2D eigenvalue weighted by Gasteiger charge is -2.11. The third-order valence-electron chi connectivity index (χ3n) is 3.43. The first kappa shape index (κ1) is 16.1. The zero-order chi connectivity index (χ0) is 17.3. The van der Waals surface area contributed by atoms with Crippen LogP contribution in [0, 0.1) is 6.92 Å². The van der Waals surface area contributed by atoms with Crippen LogP contribution in [0.15, 0.2) is 50.5 Å². The molecule has 2 aromatic carbocycles. The van der Waals surface area contributed by atoms with Gasteiger partial charge in [-0.15, -0.1) is 0 Å². The molecule has 8 heteroatoms.